The number of phenolic OH excluding ortho intramolecular Hbond substituents is 1. The number of carbonyl (C=O) groups excluding carboxylic acids is 1. The number of aliphatic carboxylic acids is 1. The number of para-hydroxylation sites is 1. The number of hydrazone groups is 1. The molecule has 0 aliphatic carbocycles. The van der Waals surface area contributed by atoms with Gasteiger partial charge in [-0.2, -0.15) is 5.10 Å². The number of methoxy groups -OCH3 is 1. The van der Waals surface area contributed by atoms with Crippen molar-refractivity contribution in [2.24, 2.45) is 5.10 Å². The Bertz CT molecular complexity index is 892. The van der Waals surface area contributed by atoms with Crippen molar-refractivity contribution in [1.82, 2.24) is 5.01 Å². The third-order valence-corrected chi connectivity index (χ3v) is 4.67. The zero-order valence-electron chi connectivity index (χ0n) is 15.5. The second-order valence-electron chi connectivity index (χ2n) is 6.54. The molecule has 28 heavy (non-hydrogen) atoms. The van der Waals surface area contributed by atoms with Crippen molar-refractivity contribution in [3.63, 3.8) is 0 Å². The number of rotatable bonds is 7. The van der Waals surface area contributed by atoms with Crippen molar-refractivity contribution in [1.29, 1.82) is 0 Å². The number of hydrogen-bond donors (Lipinski definition) is 2. The molecule has 1 atom stereocenters. The molecule has 1 heterocycles. The molecule has 0 aromatic heterocycles. The normalized spacial score (nSPS) is 16.0. The van der Waals surface area contributed by atoms with E-state index in [1.165, 1.54) is 5.01 Å². The van der Waals surface area contributed by atoms with Crippen LogP contribution in [0.2, 0.25) is 0 Å². The highest BCUT2D eigenvalue weighted by Gasteiger charge is 2.34. The maximum absolute atomic E-state index is 12.7. The molecule has 0 spiro atoms. The third kappa shape index (κ3) is 4.31. The predicted octanol–water partition coefficient (Wildman–Crippen LogP) is 3.33. The van der Waals surface area contributed by atoms with Gasteiger partial charge in [0.2, 0.25) is 5.91 Å². The topological polar surface area (TPSA) is 99.4 Å². The van der Waals surface area contributed by atoms with Crippen LogP contribution >= 0.6 is 0 Å². The highest BCUT2D eigenvalue weighted by Crippen LogP contribution is 2.37. The molecule has 2 aromatic rings. The van der Waals surface area contributed by atoms with Crippen LogP contribution in [0.15, 0.2) is 53.6 Å². The fourth-order valence-electron chi connectivity index (χ4n) is 3.22. The summed E-state index contributed by atoms with van der Waals surface area (Å²) < 4.78 is 5.18. The molecule has 2 aromatic carbocycles. The lowest BCUT2D eigenvalue weighted by Gasteiger charge is -2.22. The van der Waals surface area contributed by atoms with Crippen molar-refractivity contribution in [3.05, 3.63) is 59.7 Å². The van der Waals surface area contributed by atoms with E-state index in [0.717, 1.165) is 17.0 Å². The van der Waals surface area contributed by atoms with Gasteiger partial charge in [0.15, 0.2) is 0 Å². The van der Waals surface area contributed by atoms with E-state index in [2.05, 4.69) is 5.10 Å². The van der Waals surface area contributed by atoms with Gasteiger partial charge in [0.05, 0.1) is 18.9 Å². The molecule has 1 amide bonds. The fraction of sp³-hybridized carbons (Fsp3) is 0.286. The van der Waals surface area contributed by atoms with Gasteiger partial charge in [0.1, 0.15) is 11.5 Å². The number of amides is 1. The van der Waals surface area contributed by atoms with Crippen molar-refractivity contribution in [3.8, 4) is 11.5 Å². The van der Waals surface area contributed by atoms with Crippen molar-refractivity contribution in [2.45, 2.75) is 31.7 Å². The van der Waals surface area contributed by atoms with E-state index in [0.29, 0.717) is 12.0 Å². The lowest BCUT2D eigenvalue weighted by molar-refractivity contribution is -0.137. The van der Waals surface area contributed by atoms with Crippen LogP contribution in [0.25, 0.3) is 0 Å². The predicted molar refractivity (Wildman–Crippen MR) is 103 cm³/mol. The van der Waals surface area contributed by atoms with Gasteiger partial charge in [-0.25, -0.2) is 5.01 Å². The second kappa shape index (κ2) is 8.56. The summed E-state index contributed by atoms with van der Waals surface area (Å²) >= 11 is 0. The van der Waals surface area contributed by atoms with Crippen molar-refractivity contribution >= 4 is 17.6 Å². The molecule has 0 saturated carbocycles. The molecular formula is C21H22N2O5. The van der Waals surface area contributed by atoms with Crippen molar-refractivity contribution in [2.75, 3.05) is 7.11 Å². The Morgan fingerprint density at radius 2 is 1.86 bits per heavy atom. The monoisotopic (exact) mass is 382 g/mol. The first-order valence-electron chi connectivity index (χ1n) is 9.03. The lowest BCUT2D eigenvalue weighted by Crippen LogP contribution is -2.27. The number of phenols is 1. The van der Waals surface area contributed by atoms with E-state index in [9.17, 15) is 14.7 Å². The van der Waals surface area contributed by atoms with Crippen LogP contribution in [-0.2, 0) is 9.59 Å². The van der Waals surface area contributed by atoms with Crippen LogP contribution in [-0.4, -0.2) is 39.9 Å². The minimum atomic E-state index is -0.936. The molecule has 146 valence electrons. The number of carbonyl (C=O) groups is 2. The molecule has 7 nitrogen and oxygen atoms in total. The Morgan fingerprint density at radius 1 is 1.14 bits per heavy atom. The summed E-state index contributed by atoms with van der Waals surface area (Å²) in [6, 6.07) is 13.8. The first-order valence-corrected chi connectivity index (χ1v) is 9.03. The number of ether oxygens (including phenoxy) is 1. The average Bonchev–Trinajstić information content (AvgIpc) is 3.13. The van der Waals surface area contributed by atoms with Crippen LogP contribution in [0.4, 0.5) is 0 Å². The quantitative estimate of drug-likeness (QED) is 0.765. The zero-order chi connectivity index (χ0) is 20.1. The van der Waals surface area contributed by atoms with Crippen LogP contribution < -0.4 is 4.74 Å². The Kier molecular flexibility index (Phi) is 5.93. The number of carboxylic acid groups (broad SMARTS) is 1. The minimum absolute atomic E-state index is 0.0735. The van der Waals surface area contributed by atoms with Gasteiger partial charge in [-0.3, -0.25) is 9.59 Å². The van der Waals surface area contributed by atoms with E-state index in [4.69, 9.17) is 9.84 Å². The summed E-state index contributed by atoms with van der Waals surface area (Å²) in [4.78, 5) is 23.4. The van der Waals surface area contributed by atoms with Gasteiger partial charge >= 0.3 is 5.97 Å². The molecule has 1 aliphatic rings. The highest BCUT2D eigenvalue weighted by molar-refractivity contribution is 6.03. The third-order valence-electron chi connectivity index (χ3n) is 4.67. The van der Waals surface area contributed by atoms with Crippen LogP contribution in [0.3, 0.4) is 0 Å². The van der Waals surface area contributed by atoms with E-state index < -0.39 is 12.0 Å². The summed E-state index contributed by atoms with van der Waals surface area (Å²) in [5.41, 5.74) is 2.20. The van der Waals surface area contributed by atoms with Gasteiger partial charge in [0.25, 0.3) is 0 Å². The van der Waals surface area contributed by atoms with Gasteiger partial charge in [-0.15, -0.1) is 0 Å². The van der Waals surface area contributed by atoms with Crippen LogP contribution in [0.5, 0.6) is 11.5 Å². The van der Waals surface area contributed by atoms with E-state index >= 15 is 0 Å². The van der Waals surface area contributed by atoms with Crippen LogP contribution in [0.1, 0.15) is 42.9 Å². The standard InChI is InChI=1S/C21H22N2O5/c1-28-15-11-9-14(10-12-15)17-13-18(16-5-2-3-6-19(16)24)23(22-17)20(25)7-4-8-21(26)27/h2-3,5-6,9-12,18,24H,4,7-8,13H2,1H3,(H,26,27). The molecule has 0 radical (unpaired) electrons. The molecule has 3 rings (SSSR count). The molecule has 2 N–H and O–H groups in total. The maximum atomic E-state index is 12.7. The Balaban J connectivity index is 1.87. The minimum Gasteiger partial charge on any atom is -0.508 e. The summed E-state index contributed by atoms with van der Waals surface area (Å²) in [6.45, 7) is 0. The molecule has 1 aliphatic heterocycles. The number of aromatic hydroxyl groups is 1. The largest absolute Gasteiger partial charge is 0.508 e. The van der Waals surface area contributed by atoms with Gasteiger partial charge in [-0.05, 0) is 42.3 Å². The molecule has 0 fully saturated rings. The van der Waals surface area contributed by atoms with Gasteiger partial charge < -0.3 is 14.9 Å². The van der Waals surface area contributed by atoms with Gasteiger partial charge in [-0.1, -0.05) is 18.2 Å². The Labute approximate surface area is 162 Å². The SMILES string of the molecule is COc1ccc(C2=NN(C(=O)CCCC(=O)O)C(c3ccccc3O)C2)cc1. The Morgan fingerprint density at radius 3 is 2.50 bits per heavy atom. The van der Waals surface area contributed by atoms with Crippen molar-refractivity contribution < 1.29 is 24.5 Å². The van der Waals surface area contributed by atoms with E-state index in [1.807, 2.05) is 24.3 Å². The number of benzene rings is 2. The average molecular weight is 382 g/mol. The summed E-state index contributed by atoms with van der Waals surface area (Å²) in [7, 11) is 1.59. The molecular weight excluding hydrogens is 360 g/mol. The fourth-order valence-corrected chi connectivity index (χ4v) is 3.22. The molecule has 7 heteroatoms. The van der Waals surface area contributed by atoms with E-state index in [1.54, 1.807) is 31.4 Å². The number of hydrogen-bond acceptors (Lipinski definition) is 5. The van der Waals surface area contributed by atoms with Gasteiger partial charge in [0, 0.05) is 24.8 Å². The number of carboxylic acids is 1. The zero-order valence-corrected chi connectivity index (χ0v) is 15.5. The summed E-state index contributed by atoms with van der Waals surface area (Å²) in [5, 5.41) is 24.9. The first-order chi connectivity index (χ1) is 13.5. The first kappa shape index (κ1) is 19.4. The highest BCUT2D eigenvalue weighted by atomic mass is 16.5. The maximum Gasteiger partial charge on any atom is 0.303 e. The molecule has 0 bridgehead atoms. The summed E-state index contributed by atoms with van der Waals surface area (Å²) in [6.07, 6.45) is 0.700. The second-order valence-corrected chi connectivity index (χ2v) is 6.54. The van der Waals surface area contributed by atoms with E-state index in [-0.39, 0.29) is 30.9 Å². The molecule has 1 unspecified atom stereocenters. The summed E-state index contributed by atoms with van der Waals surface area (Å²) in [5.74, 6) is -0.380. The lowest BCUT2D eigenvalue weighted by atomic mass is 9.97. The number of nitrogens with zero attached hydrogens (tertiary/aromatic N) is 2. The van der Waals surface area contributed by atoms with Crippen LogP contribution in [0, 0.1) is 0 Å². The smallest absolute Gasteiger partial charge is 0.303 e. The Hall–Kier alpha value is -3.35. The molecule has 0 saturated heterocycles.